The largest absolute Gasteiger partial charge is 0.482 e. The molecule has 0 aliphatic carbocycles. The predicted molar refractivity (Wildman–Crippen MR) is 129 cm³/mol. The van der Waals surface area contributed by atoms with Crippen molar-refractivity contribution in [2.75, 3.05) is 36.5 Å². The van der Waals surface area contributed by atoms with Gasteiger partial charge in [0.25, 0.3) is 5.91 Å². The normalized spacial score (nSPS) is 17.6. The highest BCUT2D eigenvalue weighted by atomic mass is 127. The molecule has 10 heteroatoms. The van der Waals surface area contributed by atoms with E-state index < -0.39 is 15.9 Å². The number of piperidine rings is 1. The lowest BCUT2D eigenvalue weighted by Gasteiger charge is -2.31. The van der Waals surface area contributed by atoms with Crippen LogP contribution in [0.15, 0.2) is 47.4 Å². The maximum atomic E-state index is 13.2. The quantitative estimate of drug-likeness (QED) is 0.559. The number of halogens is 1. The van der Waals surface area contributed by atoms with E-state index in [2.05, 4.69) is 34.8 Å². The molecule has 1 N–H and O–H groups in total. The first-order valence-corrected chi connectivity index (χ1v) is 12.9. The number of fused-ring (bicyclic) bond motifs is 1. The summed E-state index contributed by atoms with van der Waals surface area (Å²) in [6, 6.07) is 11.8. The van der Waals surface area contributed by atoms with Crippen LogP contribution in [0.5, 0.6) is 5.75 Å². The van der Waals surface area contributed by atoms with Crippen LogP contribution < -0.4 is 15.0 Å². The van der Waals surface area contributed by atoms with Gasteiger partial charge in [-0.25, -0.2) is 8.42 Å². The Hall–Kier alpha value is -2.18. The Balaban J connectivity index is 1.57. The minimum atomic E-state index is -3.70. The molecule has 0 bridgehead atoms. The van der Waals surface area contributed by atoms with E-state index in [1.165, 1.54) is 21.3 Å². The van der Waals surface area contributed by atoms with Crippen LogP contribution in [-0.2, 0) is 19.6 Å². The van der Waals surface area contributed by atoms with Gasteiger partial charge in [0, 0.05) is 22.3 Å². The van der Waals surface area contributed by atoms with Crippen molar-refractivity contribution in [3.05, 3.63) is 46.0 Å². The van der Waals surface area contributed by atoms with Crippen molar-refractivity contribution < 1.29 is 22.7 Å². The highest BCUT2D eigenvalue weighted by Crippen LogP contribution is 2.35. The molecule has 8 nitrogen and oxygen atoms in total. The van der Waals surface area contributed by atoms with Gasteiger partial charge in [-0.2, -0.15) is 4.31 Å². The van der Waals surface area contributed by atoms with Gasteiger partial charge in [-0.3, -0.25) is 14.5 Å². The third-order valence-corrected chi connectivity index (χ3v) is 8.30. The monoisotopic (exact) mass is 569 g/mol. The Labute approximate surface area is 201 Å². The number of amides is 2. The molecule has 1 saturated heterocycles. The zero-order valence-electron chi connectivity index (χ0n) is 17.6. The Morgan fingerprint density at radius 2 is 1.84 bits per heavy atom. The van der Waals surface area contributed by atoms with E-state index in [-0.39, 0.29) is 29.6 Å². The van der Waals surface area contributed by atoms with Crippen molar-refractivity contribution in [3.8, 4) is 5.75 Å². The molecular weight excluding hydrogens is 545 g/mol. The molecule has 0 saturated carbocycles. The molecular formula is C22H24IN3O5S. The Bertz CT molecular complexity index is 1130. The number of hydrogen-bond donors (Lipinski definition) is 1. The van der Waals surface area contributed by atoms with Gasteiger partial charge in [-0.05, 0) is 83.8 Å². The molecule has 0 radical (unpaired) electrons. The molecule has 0 spiro atoms. The lowest BCUT2D eigenvalue weighted by molar-refractivity contribution is -0.123. The van der Waals surface area contributed by atoms with Crippen LogP contribution in [0.1, 0.15) is 19.8 Å². The number of rotatable bonds is 5. The van der Waals surface area contributed by atoms with Crippen molar-refractivity contribution >= 4 is 55.8 Å². The van der Waals surface area contributed by atoms with Crippen molar-refractivity contribution in [2.24, 2.45) is 5.92 Å². The van der Waals surface area contributed by atoms with E-state index in [1.807, 2.05) is 12.1 Å². The number of carbonyl (C=O) groups is 2. The standard InChI is InChI=1S/C22H24IN3O5S/c1-15-8-10-25(11-9-15)32(29,30)18-6-7-20-19(12-18)26(22(28)14-31-20)13-21(27)24-17-4-2-16(23)3-5-17/h2-7,12,15H,8-11,13-14H2,1H3,(H,24,27). The van der Waals surface area contributed by atoms with Gasteiger partial charge < -0.3 is 10.1 Å². The van der Waals surface area contributed by atoms with E-state index in [0.717, 1.165) is 16.4 Å². The smallest absolute Gasteiger partial charge is 0.265 e. The first kappa shape index (κ1) is 23.0. The SMILES string of the molecule is CC1CCN(S(=O)(=O)c2ccc3c(c2)N(CC(=O)Nc2ccc(I)cc2)C(=O)CO3)CC1. The van der Waals surface area contributed by atoms with Gasteiger partial charge in [0.2, 0.25) is 15.9 Å². The van der Waals surface area contributed by atoms with E-state index in [9.17, 15) is 18.0 Å². The fourth-order valence-electron chi connectivity index (χ4n) is 3.77. The topological polar surface area (TPSA) is 96.0 Å². The molecule has 2 heterocycles. The van der Waals surface area contributed by atoms with Crippen molar-refractivity contribution in [1.29, 1.82) is 0 Å². The van der Waals surface area contributed by atoms with Gasteiger partial charge in [-0.15, -0.1) is 0 Å². The average molecular weight is 569 g/mol. The van der Waals surface area contributed by atoms with E-state index in [4.69, 9.17) is 4.74 Å². The molecule has 0 unspecified atom stereocenters. The second-order valence-electron chi connectivity index (χ2n) is 8.04. The van der Waals surface area contributed by atoms with Crippen molar-refractivity contribution in [1.82, 2.24) is 4.31 Å². The highest BCUT2D eigenvalue weighted by molar-refractivity contribution is 14.1. The summed E-state index contributed by atoms with van der Waals surface area (Å²) in [4.78, 5) is 26.5. The number of benzene rings is 2. The maximum absolute atomic E-state index is 13.2. The third kappa shape index (κ3) is 4.91. The first-order valence-electron chi connectivity index (χ1n) is 10.4. The molecule has 2 aliphatic rings. The van der Waals surface area contributed by atoms with Gasteiger partial charge in [0.1, 0.15) is 12.3 Å². The number of nitrogens with zero attached hydrogens (tertiary/aromatic N) is 2. The van der Waals surface area contributed by atoms with Gasteiger partial charge >= 0.3 is 0 Å². The lowest BCUT2D eigenvalue weighted by atomic mass is 10.0. The Kier molecular flexibility index (Phi) is 6.72. The molecule has 2 aliphatic heterocycles. The molecule has 32 heavy (non-hydrogen) atoms. The summed E-state index contributed by atoms with van der Waals surface area (Å²) in [7, 11) is -3.70. The van der Waals surface area contributed by atoms with Crippen LogP contribution >= 0.6 is 22.6 Å². The van der Waals surface area contributed by atoms with Gasteiger partial charge in [0.15, 0.2) is 6.61 Å². The summed E-state index contributed by atoms with van der Waals surface area (Å²) in [5, 5.41) is 2.77. The number of sulfonamides is 1. The summed E-state index contributed by atoms with van der Waals surface area (Å²) in [5.41, 5.74) is 0.900. The minimum Gasteiger partial charge on any atom is -0.482 e. The summed E-state index contributed by atoms with van der Waals surface area (Å²) < 4.78 is 34.3. The van der Waals surface area contributed by atoms with Crippen molar-refractivity contribution in [3.63, 3.8) is 0 Å². The Morgan fingerprint density at radius 1 is 1.16 bits per heavy atom. The molecule has 1 fully saturated rings. The number of nitrogens with one attached hydrogen (secondary N) is 1. The van der Waals surface area contributed by atoms with E-state index in [1.54, 1.807) is 18.2 Å². The van der Waals surface area contributed by atoms with Crippen molar-refractivity contribution in [2.45, 2.75) is 24.7 Å². The fourth-order valence-corrected chi connectivity index (χ4v) is 5.62. The lowest BCUT2D eigenvalue weighted by Crippen LogP contribution is -2.43. The summed E-state index contributed by atoms with van der Waals surface area (Å²) >= 11 is 2.17. The molecule has 2 aromatic rings. The average Bonchev–Trinajstić information content (AvgIpc) is 2.77. The van der Waals surface area contributed by atoms with Crippen LogP contribution in [0.2, 0.25) is 0 Å². The second kappa shape index (κ2) is 9.36. The zero-order chi connectivity index (χ0) is 22.9. The molecule has 0 atom stereocenters. The summed E-state index contributed by atoms with van der Waals surface area (Å²) in [6.07, 6.45) is 1.63. The maximum Gasteiger partial charge on any atom is 0.265 e. The molecule has 170 valence electrons. The number of carbonyl (C=O) groups excluding carboxylic acids is 2. The molecule has 0 aromatic heterocycles. The fraction of sp³-hybridized carbons (Fsp3) is 0.364. The summed E-state index contributed by atoms with van der Waals surface area (Å²) in [6.45, 7) is 2.60. The van der Waals surface area contributed by atoms with Crippen LogP contribution in [0.3, 0.4) is 0 Å². The second-order valence-corrected chi connectivity index (χ2v) is 11.2. The predicted octanol–water partition coefficient (Wildman–Crippen LogP) is 3.08. The summed E-state index contributed by atoms with van der Waals surface area (Å²) in [5.74, 6) is 0.0817. The molecule has 2 aromatic carbocycles. The third-order valence-electron chi connectivity index (χ3n) is 5.68. The minimum absolute atomic E-state index is 0.0899. The molecule has 2 amide bonds. The van der Waals surface area contributed by atoms with Gasteiger partial charge in [0.05, 0.1) is 10.6 Å². The first-order chi connectivity index (χ1) is 15.2. The molecule has 4 rings (SSSR count). The van der Waals surface area contributed by atoms with Crippen LogP contribution in [0.4, 0.5) is 11.4 Å². The zero-order valence-corrected chi connectivity index (χ0v) is 20.6. The van der Waals surface area contributed by atoms with E-state index >= 15 is 0 Å². The van der Waals surface area contributed by atoms with E-state index in [0.29, 0.717) is 30.4 Å². The highest BCUT2D eigenvalue weighted by Gasteiger charge is 2.32. The Morgan fingerprint density at radius 3 is 2.53 bits per heavy atom. The number of hydrogen-bond acceptors (Lipinski definition) is 5. The van der Waals surface area contributed by atoms with Crippen LogP contribution in [0, 0.1) is 9.49 Å². The number of anilines is 2. The number of ether oxygens (including phenoxy) is 1. The van der Waals surface area contributed by atoms with Gasteiger partial charge in [-0.1, -0.05) is 6.92 Å². The van der Waals surface area contributed by atoms with Crippen LogP contribution in [-0.4, -0.2) is 50.8 Å². The van der Waals surface area contributed by atoms with Crippen LogP contribution in [0.25, 0.3) is 0 Å².